The zero-order chi connectivity index (χ0) is 16.9. The van der Waals surface area contributed by atoms with Crippen LogP contribution in [0.5, 0.6) is 0 Å². The lowest BCUT2D eigenvalue weighted by Crippen LogP contribution is -2.51. The fraction of sp³-hybridized carbons (Fsp3) is 0.278. The second kappa shape index (κ2) is 7.66. The van der Waals surface area contributed by atoms with E-state index in [1.54, 1.807) is 23.1 Å². The van der Waals surface area contributed by atoms with Crippen LogP contribution < -0.4 is 10.2 Å². The Labute approximate surface area is 149 Å². The number of rotatable bonds is 3. The minimum atomic E-state index is -0.294. The monoisotopic (exact) mass is 391 g/mol. The van der Waals surface area contributed by atoms with Crippen molar-refractivity contribution in [3.05, 3.63) is 64.4 Å². The van der Waals surface area contributed by atoms with E-state index in [9.17, 15) is 9.18 Å². The van der Waals surface area contributed by atoms with Gasteiger partial charge in [0.25, 0.3) is 0 Å². The van der Waals surface area contributed by atoms with Crippen LogP contribution >= 0.6 is 15.9 Å². The number of hydrogen-bond donors (Lipinski definition) is 1. The molecule has 1 N–H and O–H groups in total. The van der Waals surface area contributed by atoms with E-state index in [0.29, 0.717) is 18.7 Å². The summed E-state index contributed by atoms with van der Waals surface area (Å²) in [5.41, 5.74) is 1.65. The summed E-state index contributed by atoms with van der Waals surface area (Å²) in [5.74, 6) is -0.294. The van der Waals surface area contributed by atoms with Crippen LogP contribution in [-0.4, -0.2) is 37.1 Å². The van der Waals surface area contributed by atoms with Crippen LogP contribution in [0.25, 0.3) is 0 Å². The van der Waals surface area contributed by atoms with Crippen molar-refractivity contribution in [2.24, 2.45) is 0 Å². The maximum Gasteiger partial charge on any atom is 0.317 e. The van der Waals surface area contributed by atoms with Gasteiger partial charge in [-0.2, -0.15) is 0 Å². The van der Waals surface area contributed by atoms with Crippen LogP contribution in [0.1, 0.15) is 5.56 Å². The second-order valence-corrected chi connectivity index (χ2v) is 6.62. The van der Waals surface area contributed by atoms with E-state index in [-0.39, 0.29) is 18.4 Å². The predicted molar refractivity (Wildman–Crippen MR) is 96.6 cm³/mol. The number of hydrogen-bond acceptors (Lipinski definition) is 2. The van der Waals surface area contributed by atoms with Gasteiger partial charge < -0.3 is 15.1 Å². The summed E-state index contributed by atoms with van der Waals surface area (Å²) in [6, 6.07) is 14.5. The molecule has 24 heavy (non-hydrogen) atoms. The smallest absolute Gasteiger partial charge is 0.317 e. The molecule has 0 aromatic heterocycles. The molecule has 0 saturated carbocycles. The first kappa shape index (κ1) is 16.8. The maximum absolute atomic E-state index is 13.6. The summed E-state index contributed by atoms with van der Waals surface area (Å²) in [6.07, 6.45) is 0. The molecule has 0 atom stereocenters. The van der Waals surface area contributed by atoms with E-state index in [4.69, 9.17) is 0 Å². The second-order valence-electron chi connectivity index (χ2n) is 5.70. The van der Waals surface area contributed by atoms with Gasteiger partial charge in [0.05, 0.1) is 0 Å². The highest BCUT2D eigenvalue weighted by atomic mass is 79.9. The lowest BCUT2D eigenvalue weighted by atomic mass is 10.2. The van der Waals surface area contributed by atoms with Crippen LogP contribution in [0, 0.1) is 5.82 Å². The number of carbonyl (C=O) groups excluding carboxylic acids is 1. The molecule has 0 aliphatic carbocycles. The Kier molecular flexibility index (Phi) is 5.35. The number of halogens is 2. The molecule has 0 spiro atoms. The third-order valence-corrected chi connectivity index (χ3v) is 4.62. The number of nitrogens with one attached hydrogen (secondary N) is 1. The standard InChI is InChI=1S/C18H19BrFN3O/c19-15-5-3-6-16(12-15)22-8-10-23(11-9-22)18(24)21-13-14-4-1-2-7-17(14)20/h1-7,12H,8-11,13H2,(H,21,24). The summed E-state index contributed by atoms with van der Waals surface area (Å²) in [5, 5.41) is 2.79. The van der Waals surface area contributed by atoms with E-state index in [1.165, 1.54) is 6.07 Å². The average molecular weight is 392 g/mol. The van der Waals surface area contributed by atoms with Crippen molar-refractivity contribution in [1.82, 2.24) is 10.2 Å². The largest absolute Gasteiger partial charge is 0.368 e. The topological polar surface area (TPSA) is 35.6 Å². The number of anilines is 1. The maximum atomic E-state index is 13.6. The third kappa shape index (κ3) is 4.06. The van der Waals surface area contributed by atoms with Crippen molar-refractivity contribution in [2.45, 2.75) is 6.54 Å². The molecule has 126 valence electrons. The van der Waals surface area contributed by atoms with Gasteiger partial charge in [-0.3, -0.25) is 0 Å². The van der Waals surface area contributed by atoms with Gasteiger partial charge in [0.15, 0.2) is 0 Å². The van der Waals surface area contributed by atoms with E-state index in [1.807, 2.05) is 12.1 Å². The summed E-state index contributed by atoms with van der Waals surface area (Å²) in [4.78, 5) is 16.3. The molecule has 1 fully saturated rings. The molecular formula is C18H19BrFN3O. The Bertz CT molecular complexity index is 717. The van der Waals surface area contributed by atoms with Crippen LogP contribution in [0.4, 0.5) is 14.9 Å². The van der Waals surface area contributed by atoms with E-state index < -0.39 is 0 Å². The number of benzene rings is 2. The van der Waals surface area contributed by atoms with Crippen LogP contribution in [0.2, 0.25) is 0 Å². The molecule has 2 amide bonds. The van der Waals surface area contributed by atoms with Crippen molar-refractivity contribution in [1.29, 1.82) is 0 Å². The van der Waals surface area contributed by atoms with Gasteiger partial charge in [-0.25, -0.2) is 9.18 Å². The lowest BCUT2D eigenvalue weighted by Gasteiger charge is -2.36. The molecule has 2 aromatic rings. The highest BCUT2D eigenvalue weighted by Crippen LogP contribution is 2.21. The Morgan fingerprint density at radius 3 is 2.54 bits per heavy atom. The number of nitrogens with zero attached hydrogens (tertiary/aromatic N) is 2. The Morgan fingerprint density at radius 1 is 1.08 bits per heavy atom. The van der Waals surface area contributed by atoms with Gasteiger partial charge in [-0.05, 0) is 24.3 Å². The molecular weight excluding hydrogens is 373 g/mol. The van der Waals surface area contributed by atoms with Crippen LogP contribution in [-0.2, 0) is 6.54 Å². The molecule has 0 radical (unpaired) electrons. The van der Waals surface area contributed by atoms with Gasteiger partial charge >= 0.3 is 6.03 Å². The molecule has 1 saturated heterocycles. The normalized spacial score (nSPS) is 14.6. The number of amides is 2. The van der Waals surface area contributed by atoms with Crippen LogP contribution in [0.3, 0.4) is 0 Å². The van der Waals surface area contributed by atoms with Crippen molar-refractivity contribution < 1.29 is 9.18 Å². The average Bonchev–Trinajstić information content (AvgIpc) is 2.61. The van der Waals surface area contributed by atoms with Gasteiger partial charge in [0.2, 0.25) is 0 Å². The van der Waals surface area contributed by atoms with Gasteiger partial charge in [0, 0.05) is 48.4 Å². The molecule has 3 rings (SSSR count). The predicted octanol–water partition coefficient (Wildman–Crippen LogP) is 3.62. The molecule has 1 heterocycles. The fourth-order valence-electron chi connectivity index (χ4n) is 2.76. The fourth-order valence-corrected chi connectivity index (χ4v) is 3.15. The zero-order valence-electron chi connectivity index (χ0n) is 13.2. The van der Waals surface area contributed by atoms with Crippen molar-refractivity contribution in [3.63, 3.8) is 0 Å². The minimum absolute atomic E-state index is 0.146. The highest BCUT2D eigenvalue weighted by Gasteiger charge is 2.21. The van der Waals surface area contributed by atoms with E-state index in [0.717, 1.165) is 23.2 Å². The van der Waals surface area contributed by atoms with Crippen LogP contribution in [0.15, 0.2) is 53.0 Å². The Hall–Kier alpha value is -2.08. The third-order valence-electron chi connectivity index (χ3n) is 4.13. The first-order valence-electron chi connectivity index (χ1n) is 7.90. The summed E-state index contributed by atoms with van der Waals surface area (Å²) in [6.45, 7) is 3.07. The van der Waals surface area contributed by atoms with Crippen molar-refractivity contribution in [3.8, 4) is 0 Å². The summed E-state index contributed by atoms with van der Waals surface area (Å²) >= 11 is 3.48. The van der Waals surface area contributed by atoms with E-state index >= 15 is 0 Å². The minimum Gasteiger partial charge on any atom is -0.368 e. The lowest BCUT2D eigenvalue weighted by molar-refractivity contribution is 0.194. The molecule has 1 aliphatic rings. The highest BCUT2D eigenvalue weighted by molar-refractivity contribution is 9.10. The molecule has 6 heteroatoms. The molecule has 4 nitrogen and oxygen atoms in total. The molecule has 1 aliphatic heterocycles. The first-order valence-corrected chi connectivity index (χ1v) is 8.69. The van der Waals surface area contributed by atoms with E-state index in [2.05, 4.69) is 38.3 Å². The Morgan fingerprint density at radius 2 is 1.83 bits per heavy atom. The quantitative estimate of drug-likeness (QED) is 0.866. The molecule has 2 aromatic carbocycles. The van der Waals surface area contributed by atoms with Gasteiger partial charge in [-0.1, -0.05) is 40.2 Å². The van der Waals surface area contributed by atoms with Gasteiger partial charge in [-0.15, -0.1) is 0 Å². The molecule has 0 unspecified atom stereocenters. The SMILES string of the molecule is O=C(NCc1ccccc1F)N1CCN(c2cccc(Br)c2)CC1. The van der Waals surface area contributed by atoms with Crippen molar-refractivity contribution >= 4 is 27.6 Å². The first-order chi connectivity index (χ1) is 11.6. The number of urea groups is 1. The van der Waals surface area contributed by atoms with Crippen molar-refractivity contribution in [2.75, 3.05) is 31.1 Å². The number of piperazine rings is 1. The number of carbonyl (C=O) groups is 1. The molecule has 0 bridgehead atoms. The van der Waals surface area contributed by atoms with Gasteiger partial charge in [0.1, 0.15) is 5.82 Å². The Balaban J connectivity index is 1.51. The summed E-state index contributed by atoms with van der Waals surface area (Å²) in [7, 11) is 0. The zero-order valence-corrected chi connectivity index (χ0v) is 14.8. The summed E-state index contributed by atoms with van der Waals surface area (Å²) < 4.78 is 14.6.